The third-order valence-corrected chi connectivity index (χ3v) is 5.13. The first-order valence-corrected chi connectivity index (χ1v) is 8.65. The average molecular weight is 345 g/mol. The molecule has 1 N–H and O–H groups in total. The number of rotatable bonds is 4. The number of halogens is 1. The topological polar surface area (TPSA) is 35.6 Å². The summed E-state index contributed by atoms with van der Waals surface area (Å²) in [6.07, 6.45) is 0.765. The number of likely N-dealkylation sites (N-methyl/N-ethyl adjacent to an activating group) is 2. The Kier molecular flexibility index (Phi) is 4.66. The van der Waals surface area contributed by atoms with Crippen LogP contribution in [0.4, 0.5) is 21.5 Å². The molecule has 6 heteroatoms. The number of nitrogens with one attached hydrogen (secondary N) is 1. The zero-order chi connectivity index (χ0) is 17.3. The molecule has 3 rings (SSSR count). The molecule has 2 aromatic rings. The molecule has 0 bridgehead atoms. The maximum atomic E-state index is 13.0. The van der Waals surface area contributed by atoms with Gasteiger partial charge in [-0.2, -0.15) is 0 Å². The number of carbonyl (C=O) groups excluding carboxylic acids is 1. The van der Waals surface area contributed by atoms with Gasteiger partial charge in [0.05, 0.1) is 11.4 Å². The molecule has 0 unspecified atom stereocenters. The van der Waals surface area contributed by atoms with Crippen LogP contribution in [-0.2, 0) is 4.79 Å². The van der Waals surface area contributed by atoms with Crippen molar-refractivity contribution in [3.8, 4) is 0 Å². The van der Waals surface area contributed by atoms with Crippen molar-refractivity contribution >= 4 is 34.9 Å². The van der Waals surface area contributed by atoms with E-state index in [0.717, 1.165) is 28.4 Å². The first-order valence-electron chi connectivity index (χ1n) is 7.84. The Morgan fingerprint density at radius 2 is 1.83 bits per heavy atom. The van der Waals surface area contributed by atoms with Gasteiger partial charge in [0.25, 0.3) is 0 Å². The highest BCUT2D eigenvalue weighted by atomic mass is 32.2. The maximum absolute atomic E-state index is 13.0. The van der Waals surface area contributed by atoms with Gasteiger partial charge in [-0.1, -0.05) is 6.92 Å². The first-order chi connectivity index (χ1) is 11.5. The van der Waals surface area contributed by atoms with Gasteiger partial charge in [-0.3, -0.25) is 4.79 Å². The number of fused-ring (bicyclic) bond motifs is 1. The lowest BCUT2D eigenvalue weighted by molar-refractivity contribution is -0.119. The van der Waals surface area contributed by atoms with Crippen LogP contribution in [0.25, 0.3) is 0 Å². The number of nitrogens with zero attached hydrogens (tertiary/aromatic N) is 2. The highest BCUT2D eigenvalue weighted by Gasteiger charge is 2.33. The van der Waals surface area contributed by atoms with Crippen LogP contribution in [0.5, 0.6) is 0 Å². The van der Waals surface area contributed by atoms with Gasteiger partial charge in [-0.25, -0.2) is 4.39 Å². The van der Waals surface area contributed by atoms with E-state index in [1.54, 1.807) is 17.0 Å². The van der Waals surface area contributed by atoms with Crippen molar-refractivity contribution in [3.05, 3.63) is 48.3 Å². The SMILES string of the molecule is CC[C@H]1C(=O)N(C)c2ccc(NSc3ccc(F)cc3)cc2N1C. The van der Waals surface area contributed by atoms with Crippen LogP contribution in [0.3, 0.4) is 0 Å². The van der Waals surface area contributed by atoms with E-state index < -0.39 is 0 Å². The van der Waals surface area contributed by atoms with Crippen LogP contribution in [-0.4, -0.2) is 26.0 Å². The Labute approximate surface area is 145 Å². The van der Waals surface area contributed by atoms with Crippen LogP contribution in [0.15, 0.2) is 47.4 Å². The maximum Gasteiger partial charge on any atom is 0.249 e. The normalized spacial score (nSPS) is 17.0. The summed E-state index contributed by atoms with van der Waals surface area (Å²) in [5, 5.41) is 0. The monoisotopic (exact) mass is 345 g/mol. The number of carbonyl (C=O) groups is 1. The summed E-state index contributed by atoms with van der Waals surface area (Å²) in [7, 11) is 3.77. The van der Waals surface area contributed by atoms with Gasteiger partial charge in [0.15, 0.2) is 0 Å². The predicted molar refractivity (Wildman–Crippen MR) is 98.2 cm³/mol. The second-order valence-electron chi connectivity index (χ2n) is 5.79. The highest BCUT2D eigenvalue weighted by Crippen LogP contribution is 2.38. The second kappa shape index (κ2) is 6.73. The fourth-order valence-electron chi connectivity index (χ4n) is 2.90. The number of amides is 1. The Balaban J connectivity index is 1.81. The minimum Gasteiger partial charge on any atom is -0.361 e. The molecule has 0 radical (unpaired) electrons. The first kappa shape index (κ1) is 16.6. The van der Waals surface area contributed by atoms with E-state index in [1.807, 2.05) is 44.1 Å². The molecule has 126 valence electrons. The summed E-state index contributed by atoms with van der Waals surface area (Å²) in [5.41, 5.74) is 2.87. The summed E-state index contributed by atoms with van der Waals surface area (Å²) in [4.78, 5) is 17.1. The van der Waals surface area contributed by atoms with Gasteiger partial charge in [0.2, 0.25) is 5.91 Å². The molecule has 0 aliphatic carbocycles. The summed E-state index contributed by atoms with van der Waals surface area (Å²) in [6.45, 7) is 2.02. The van der Waals surface area contributed by atoms with Crippen LogP contribution in [0.1, 0.15) is 13.3 Å². The lowest BCUT2D eigenvalue weighted by atomic mass is 10.1. The molecule has 2 aromatic carbocycles. The number of benzene rings is 2. The zero-order valence-corrected chi connectivity index (χ0v) is 14.7. The smallest absolute Gasteiger partial charge is 0.249 e. The third-order valence-electron chi connectivity index (χ3n) is 4.29. The van der Waals surface area contributed by atoms with E-state index in [-0.39, 0.29) is 17.8 Å². The van der Waals surface area contributed by atoms with E-state index in [2.05, 4.69) is 4.72 Å². The van der Waals surface area contributed by atoms with Gasteiger partial charge in [0, 0.05) is 24.7 Å². The lowest BCUT2D eigenvalue weighted by Crippen LogP contribution is -2.50. The van der Waals surface area contributed by atoms with Gasteiger partial charge in [-0.05, 0) is 60.8 Å². The molecule has 4 nitrogen and oxygen atoms in total. The minimum atomic E-state index is -0.243. The van der Waals surface area contributed by atoms with Crippen LogP contribution in [0, 0.1) is 5.82 Å². The molecule has 1 aliphatic rings. The number of anilines is 3. The van der Waals surface area contributed by atoms with Gasteiger partial charge in [0.1, 0.15) is 11.9 Å². The Bertz CT molecular complexity index is 750. The molecule has 0 spiro atoms. The largest absolute Gasteiger partial charge is 0.361 e. The molecular formula is C18H20FN3OS. The summed E-state index contributed by atoms with van der Waals surface area (Å²) >= 11 is 1.43. The minimum absolute atomic E-state index is 0.119. The molecule has 1 heterocycles. The molecule has 0 saturated heterocycles. The quantitative estimate of drug-likeness (QED) is 0.845. The number of hydrogen-bond acceptors (Lipinski definition) is 4. The third kappa shape index (κ3) is 3.06. The summed E-state index contributed by atoms with van der Waals surface area (Å²) in [6, 6.07) is 12.1. The summed E-state index contributed by atoms with van der Waals surface area (Å²) < 4.78 is 16.2. The fourth-order valence-corrected chi connectivity index (χ4v) is 3.53. The Morgan fingerprint density at radius 3 is 2.50 bits per heavy atom. The van der Waals surface area contributed by atoms with Crippen molar-refractivity contribution in [1.82, 2.24) is 0 Å². The molecule has 0 fully saturated rings. The molecular weight excluding hydrogens is 325 g/mol. The van der Waals surface area contributed by atoms with Crippen LogP contribution in [0.2, 0.25) is 0 Å². The molecule has 0 aromatic heterocycles. The predicted octanol–water partition coefficient (Wildman–Crippen LogP) is 4.14. The van der Waals surface area contributed by atoms with Crippen molar-refractivity contribution in [1.29, 1.82) is 0 Å². The van der Waals surface area contributed by atoms with E-state index in [1.165, 1.54) is 24.1 Å². The van der Waals surface area contributed by atoms with Crippen LogP contribution < -0.4 is 14.5 Å². The molecule has 24 heavy (non-hydrogen) atoms. The Morgan fingerprint density at radius 1 is 1.12 bits per heavy atom. The highest BCUT2D eigenvalue weighted by molar-refractivity contribution is 8.00. The average Bonchev–Trinajstić information content (AvgIpc) is 2.60. The van der Waals surface area contributed by atoms with Gasteiger partial charge >= 0.3 is 0 Å². The van der Waals surface area contributed by atoms with E-state index in [0.29, 0.717) is 0 Å². The lowest BCUT2D eigenvalue weighted by Gasteiger charge is -2.39. The van der Waals surface area contributed by atoms with Gasteiger partial charge < -0.3 is 14.5 Å². The molecule has 0 saturated carbocycles. The van der Waals surface area contributed by atoms with Crippen molar-refractivity contribution in [2.24, 2.45) is 0 Å². The molecule has 1 atom stereocenters. The van der Waals surface area contributed by atoms with E-state index >= 15 is 0 Å². The molecule has 1 amide bonds. The fraction of sp³-hybridized carbons (Fsp3) is 0.278. The standard InChI is InChI=1S/C18H20FN3OS/c1-4-15-18(23)22(3)16-10-7-13(11-17(16)21(15)2)20-24-14-8-5-12(19)6-9-14/h5-11,15,20H,4H2,1-3H3/t15-/m0/s1. The van der Waals surface area contributed by atoms with E-state index in [4.69, 9.17) is 0 Å². The van der Waals surface area contributed by atoms with Gasteiger partial charge in [-0.15, -0.1) is 0 Å². The van der Waals surface area contributed by atoms with Crippen molar-refractivity contribution in [3.63, 3.8) is 0 Å². The number of hydrogen-bond donors (Lipinski definition) is 1. The van der Waals surface area contributed by atoms with E-state index in [9.17, 15) is 9.18 Å². The van der Waals surface area contributed by atoms with Crippen molar-refractivity contribution < 1.29 is 9.18 Å². The van der Waals surface area contributed by atoms with Crippen molar-refractivity contribution in [2.75, 3.05) is 28.6 Å². The second-order valence-corrected chi connectivity index (χ2v) is 6.67. The molecule has 1 aliphatic heterocycles. The summed E-state index contributed by atoms with van der Waals surface area (Å²) in [5.74, 6) is -0.123. The van der Waals surface area contributed by atoms with Crippen LogP contribution >= 0.6 is 11.9 Å². The zero-order valence-electron chi connectivity index (χ0n) is 13.9. The Hall–Kier alpha value is -2.21. The van der Waals surface area contributed by atoms with Crippen molar-refractivity contribution in [2.45, 2.75) is 24.3 Å².